The summed E-state index contributed by atoms with van der Waals surface area (Å²) >= 11 is 7.50. The summed E-state index contributed by atoms with van der Waals surface area (Å²) in [5.41, 5.74) is 3.49. The zero-order valence-corrected chi connectivity index (χ0v) is 21.6. The lowest BCUT2D eigenvalue weighted by Gasteiger charge is -2.20. The zero-order chi connectivity index (χ0) is 24.8. The second kappa shape index (κ2) is 11.5. The number of carbonyl (C=O) groups is 2. The third kappa shape index (κ3) is 6.61. The summed E-state index contributed by atoms with van der Waals surface area (Å²) in [5, 5.41) is 15.6. The highest BCUT2D eigenvalue weighted by atomic mass is 35.5. The van der Waals surface area contributed by atoms with Crippen molar-refractivity contribution in [1.82, 2.24) is 20.1 Å². The average molecular weight is 500 g/mol. The fourth-order valence-electron chi connectivity index (χ4n) is 3.48. The van der Waals surface area contributed by atoms with Crippen molar-refractivity contribution in [3.8, 4) is 0 Å². The normalized spacial score (nSPS) is 12.0. The first kappa shape index (κ1) is 25.8. The third-order valence-corrected chi connectivity index (χ3v) is 6.78. The Balaban J connectivity index is 1.68. The van der Waals surface area contributed by atoms with E-state index in [-0.39, 0.29) is 23.6 Å². The van der Waals surface area contributed by atoms with Gasteiger partial charge in [-0.25, -0.2) is 0 Å². The topological polar surface area (TPSA) is 88.9 Å². The van der Waals surface area contributed by atoms with Crippen molar-refractivity contribution in [2.75, 3.05) is 11.1 Å². The summed E-state index contributed by atoms with van der Waals surface area (Å²) in [6.45, 7) is 8.21. The molecule has 0 saturated heterocycles. The van der Waals surface area contributed by atoms with Gasteiger partial charge in [-0.2, -0.15) is 0 Å². The first-order valence-corrected chi connectivity index (χ1v) is 12.5. The van der Waals surface area contributed by atoms with Gasteiger partial charge in [0.25, 0.3) is 5.91 Å². The molecule has 0 spiro atoms. The Kier molecular flexibility index (Phi) is 8.74. The number of hydrogen-bond donors (Lipinski definition) is 2. The van der Waals surface area contributed by atoms with E-state index in [0.717, 1.165) is 11.3 Å². The van der Waals surface area contributed by atoms with Gasteiger partial charge in [0, 0.05) is 12.7 Å². The van der Waals surface area contributed by atoms with Crippen molar-refractivity contribution in [2.45, 2.75) is 45.3 Å². The molecule has 3 rings (SSSR count). The van der Waals surface area contributed by atoms with Crippen LogP contribution < -0.4 is 10.6 Å². The number of rotatable bonds is 9. The van der Waals surface area contributed by atoms with Gasteiger partial charge in [-0.15, -0.1) is 10.2 Å². The van der Waals surface area contributed by atoms with E-state index in [1.165, 1.54) is 17.3 Å². The molecule has 1 heterocycles. The van der Waals surface area contributed by atoms with Crippen LogP contribution in [-0.4, -0.2) is 32.3 Å². The number of nitrogens with one attached hydrogen (secondary N) is 2. The number of benzene rings is 2. The van der Waals surface area contributed by atoms with Gasteiger partial charge in [-0.3, -0.25) is 9.59 Å². The molecule has 0 radical (unpaired) electrons. The number of halogens is 1. The van der Waals surface area contributed by atoms with E-state index in [2.05, 4.69) is 34.7 Å². The predicted molar refractivity (Wildman–Crippen MR) is 137 cm³/mol. The molecule has 0 aliphatic rings. The Morgan fingerprint density at radius 2 is 1.82 bits per heavy atom. The number of anilines is 1. The van der Waals surface area contributed by atoms with E-state index in [9.17, 15) is 9.59 Å². The monoisotopic (exact) mass is 499 g/mol. The van der Waals surface area contributed by atoms with E-state index in [4.69, 9.17) is 11.6 Å². The summed E-state index contributed by atoms with van der Waals surface area (Å²) in [7, 11) is 1.84. The van der Waals surface area contributed by atoms with Crippen molar-refractivity contribution >= 4 is 40.9 Å². The quantitative estimate of drug-likeness (QED) is 0.388. The Morgan fingerprint density at radius 3 is 2.50 bits per heavy atom. The average Bonchev–Trinajstić information content (AvgIpc) is 3.14. The molecule has 180 valence electrons. The number of carbonyl (C=O) groups excluding carboxylic acids is 2. The first-order valence-electron chi connectivity index (χ1n) is 11.1. The smallest absolute Gasteiger partial charge is 0.253 e. The minimum atomic E-state index is -0.347. The summed E-state index contributed by atoms with van der Waals surface area (Å²) in [6, 6.07) is 12.4. The lowest BCUT2D eigenvalue weighted by Crippen LogP contribution is -2.31. The molecule has 1 aromatic heterocycles. The molecule has 0 bridgehead atoms. The second-order valence-electron chi connectivity index (χ2n) is 8.67. The van der Waals surface area contributed by atoms with E-state index >= 15 is 0 Å². The van der Waals surface area contributed by atoms with Gasteiger partial charge in [0.05, 0.1) is 22.4 Å². The SMILES string of the molecule is Cc1ccc(NC(=O)CSc2nnc([C@@H](CC(C)C)NC(=O)c3ccccc3Cl)n2C)cc1C. The van der Waals surface area contributed by atoms with Crippen LogP contribution in [0.4, 0.5) is 5.69 Å². The lowest BCUT2D eigenvalue weighted by molar-refractivity contribution is -0.113. The molecule has 2 amide bonds. The van der Waals surface area contributed by atoms with Crippen molar-refractivity contribution in [3.05, 3.63) is 70.0 Å². The Bertz CT molecular complexity index is 1180. The molecule has 0 aliphatic heterocycles. The minimum absolute atomic E-state index is 0.122. The van der Waals surface area contributed by atoms with Gasteiger partial charge in [-0.05, 0) is 61.6 Å². The second-order valence-corrected chi connectivity index (χ2v) is 10.0. The number of amides is 2. The molecule has 2 aromatic carbocycles. The highest BCUT2D eigenvalue weighted by molar-refractivity contribution is 7.99. The van der Waals surface area contributed by atoms with Crippen LogP contribution in [-0.2, 0) is 11.8 Å². The number of thioether (sulfide) groups is 1. The van der Waals surface area contributed by atoms with Crippen molar-refractivity contribution in [1.29, 1.82) is 0 Å². The van der Waals surface area contributed by atoms with Crippen molar-refractivity contribution < 1.29 is 9.59 Å². The molecular weight excluding hydrogens is 470 g/mol. The first-order chi connectivity index (χ1) is 16.2. The van der Waals surface area contributed by atoms with E-state index < -0.39 is 0 Å². The minimum Gasteiger partial charge on any atom is -0.342 e. The maximum Gasteiger partial charge on any atom is 0.253 e. The molecule has 3 aromatic rings. The van der Waals surface area contributed by atoms with E-state index in [1.54, 1.807) is 24.3 Å². The molecule has 7 nitrogen and oxygen atoms in total. The largest absolute Gasteiger partial charge is 0.342 e. The molecule has 9 heteroatoms. The molecular formula is C25H30ClN5O2S. The summed E-state index contributed by atoms with van der Waals surface area (Å²) in [6.07, 6.45) is 0.681. The Hall–Kier alpha value is -2.84. The van der Waals surface area contributed by atoms with Crippen LogP contribution in [0.3, 0.4) is 0 Å². The van der Waals surface area contributed by atoms with Crippen LogP contribution in [0.15, 0.2) is 47.6 Å². The van der Waals surface area contributed by atoms with Crippen LogP contribution >= 0.6 is 23.4 Å². The number of aryl methyl sites for hydroxylation is 2. The molecule has 34 heavy (non-hydrogen) atoms. The van der Waals surface area contributed by atoms with E-state index in [1.807, 2.05) is 43.7 Å². The molecule has 1 atom stereocenters. The Labute approximate surface area is 209 Å². The fourth-order valence-corrected chi connectivity index (χ4v) is 4.42. The van der Waals surface area contributed by atoms with Crippen LogP contribution in [0.2, 0.25) is 5.02 Å². The van der Waals surface area contributed by atoms with Gasteiger partial charge in [0.2, 0.25) is 5.91 Å². The van der Waals surface area contributed by atoms with Crippen LogP contribution in [0, 0.1) is 19.8 Å². The maximum absolute atomic E-state index is 12.9. The zero-order valence-electron chi connectivity index (χ0n) is 20.1. The maximum atomic E-state index is 12.9. The third-order valence-electron chi connectivity index (χ3n) is 5.43. The number of nitrogens with zero attached hydrogens (tertiary/aromatic N) is 3. The standard InChI is InChI=1S/C25H30ClN5O2S/c1-15(2)12-21(28-24(33)19-8-6-7-9-20(19)26)23-29-30-25(31(23)5)34-14-22(32)27-18-11-10-16(3)17(4)13-18/h6-11,13,15,21H,12,14H2,1-5H3,(H,27,32)(H,28,33)/t21-/m1/s1. The van der Waals surface area contributed by atoms with E-state index in [0.29, 0.717) is 33.9 Å². The van der Waals surface area contributed by atoms with Gasteiger partial charge in [0.1, 0.15) is 0 Å². The predicted octanol–water partition coefficient (Wildman–Crippen LogP) is 5.33. The highest BCUT2D eigenvalue weighted by Gasteiger charge is 2.24. The number of aromatic nitrogens is 3. The van der Waals surface area contributed by atoms with Gasteiger partial charge in [-0.1, -0.05) is 55.4 Å². The fraction of sp³-hybridized carbons (Fsp3) is 0.360. The molecule has 0 unspecified atom stereocenters. The summed E-state index contributed by atoms with van der Waals surface area (Å²) < 4.78 is 1.83. The summed E-state index contributed by atoms with van der Waals surface area (Å²) in [4.78, 5) is 25.3. The van der Waals surface area contributed by atoms with Gasteiger partial charge in [0.15, 0.2) is 11.0 Å². The van der Waals surface area contributed by atoms with Crippen LogP contribution in [0.25, 0.3) is 0 Å². The lowest BCUT2D eigenvalue weighted by atomic mass is 10.0. The Morgan fingerprint density at radius 1 is 1.09 bits per heavy atom. The van der Waals surface area contributed by atoms with Gasteiger partial charge < -0.3 is 15.2 Å². The van der Waals surface area contributed by atoms with Gasteiger partial charge >= 0.3 is 0 Å². The van der Waals surface area contributed by atoms with Crippen LogP contribution in [0.5, 0.6) is 0 Å². The molecule has 0 fully saturated rings. The summed E-state index contributed by atoms with van der Waals surface area (Å²) in [5.74, 6) is 0.753. The van der Waals surface area contributed by atoms with Crippen LogP contribution in [0.1, 0.15) is 53.6 Å². The van der Waals surface area contributed by atoms with Crippen molar-refractivity contribution in [3.63, 3.8) is 0 Å². The van der Waals surface area contributed by atoms with Crippen molar-refractivity contribution in [2.24, 2.45) is 13.0 Å². The highest BCUT2D eigenvalue weighted by Crippen LogP contribution is 2.25. The molecule has 0 saturated carbocycles. The molecule has 2 N–H and O–H groups in total. The number of hydrogen-bond acceptors (Lipinski definition) is 5. The molecule has 0 aliphatic carbocycles.